The van der Waals surface area contributed by atoms with Gasteiger partial charge in [0, 0.05) is 21.2 Å². The summed E-state index contributed by atoms with van der Waals surface area (Å²) < 4.78 is 2.44. The Bertz CT molecular complexity index is 1970. The second-order valence-electron chi connectivity index (χ2n) is 10.4. The van der Waals surface area contributed by atoms with E-state index in [9.17, 15) is 0 Å². The van der Waals surface area contributed by atoms with Gasteiger partial charge in [-0.3, -0.25) is 0 Å². The van der Waals surface area contributed by atoms with Crippen molar-refractivity contribution in [2.45, 2.75) is 19.8 Å². The first-order valence-electron chi connectivity index (χ1n) is 13.7. The quantitative estimate of drug-likeness (QED) is 0.220. The van der Waals surface area contributed by atoms with Gasteiger partial charge in [-0.05, 0) is 45.9 Å². The van der Waals surface area contributed by atoms with Crippen molar-refractivity contribution in [2.75, 3.05) is 0 Å². The van der Waals surface area contributed by atoms with Crippen molar-refractivity contribution < 1.29 is 0 Å². The molecule has 2 nitrogen and oxygen atoms in total. The van der Waals surface area contributed by atoms with E-state index in [4.69, 9.17) is 9.97 Å². The molecule has 5 aromatic carbocycles. The third-order valence-corrected chi connectivity index (χ3v) is 8.71. The highest BCUT2D eigenvalue weighted by molar-refractivity contribution is 7.26. The highest BCUT2D eigenvalue weighted by Gasteiger charge is 2.19. The van der Waals surface area contributed by atoms with Gasteiger partial charge in [-0.1, -0.05) is 129 Å². The summed E-state index contributed by atoms with van der Waals surface area (Å²) in [6, 6.07) is 45.0. The lowest BCUT2D eigenvalue weighted by Gasteiger charge is -2.10. The molecule has 0 aliphatic carbocycles. The third kappa shape index (κ3) is 4.39. The summed E-state index contributed by atoms with van der Waals surface area (Å²) in [7, 11) is 0. The van der Waals surface area contributed by atoms with Gasteiger partial charge in [0.25, 0.3) is 0 Å². The van der Waals surface area contributed by atoms with Gasteiger partial charge in [-0.15, -0.1) is 11.3 Å². The highest BCUT2D eigenvalue weighted by Crippen LogP contribution is 2.42. The van der Waals surface area contributed by atoms with E-state index >= 15 is 0 Å². The van der Waals surface area contributed by atoms with Crippen LogP contribution >= 0.6 is 11.3 Å². The Morgan fingerprint density at radius 1 is 0.500 bits per heavy atom. The molecule has 3 heteroatoms. The lowest BCUT2D eigenvalue weighted by Crippen LogP contribution is -1.94. The molecular formula is C37H28N2S. The molecule has 0 atom stereocenters. The molecule has 40 heavy (non-hydrogen) atoms. The van der Waals surface area contributed by atoms with E-state index in [2.05, 4.69) is 123 Å². The summed E-state index contributed by atoms with van der Waals surface area (Å²) in [4.78, 5) is 10.4. The Balaban J connectivity index is 1.44. The molecule has 0 aliphatic rings. The molecule has 7 aromatic rings. The molecule has 2 heterocycles. The van der Waals surface area contributed by atoms with E-state index in [-0.39, 0.29) is 0 Å². The van der Waals surface area contributed by atoms with Gasteiger partial charge >= 0.3 is 0 Å². The molecule has 192 valence electrons. The van der Waals surface area contributed by atoms with Crippen molar-refractivity contribution in [1.29, 1.82) is 0 Å². The number of aromatic nitrogens is 2. The van der Waals surface area contributed by atoms with Crippen molar-refractivity contribution in [3.63, 3.8) is 0 Å². The van der Waals surface area contributed by atoms with E-state index in [0.717, 1.165) is 32.9 Å². The van der Waals surface area contributed by atoms with Gasteiger partial charge in [-0.25, -0.2) is 9.97 Å². The maximum atomic E-state index is 5.21. The molecule has 0 saturated carbocycles. The topological polar surface area (TPSA) is 25.8 Å². The minimum Gasteiger partial charge on any atom is -0.226 e. The number of thiophene rings is 1. The van der Waals surface area contributed by atoms with Gasteiger partial charge in [0.2, 0.25) is 0 Å². The van der Waals surface area contributed by atoms with Crippen LogP contribution < -0.4 is 0 Å². The number of nitrogens with zero attached hydrogens (tertiary/aromatic N) is 2. The molecule has 0 amide bonds. The van der Waals surface area contributed by atoms with E-state index in [1.807, 2.05) is 29.5 Å². The predicted octanol–water partition coefficient (Wildman–Crippen LogP) is 10.6. The van der Waals surface area contributed by atoms with E-state index in [0.29, 0.717) is 5.92 Å². The first-order valence-corrected chi connectivity index (χ1v) is 14.5. The van der Waals surface area contributed by atoms with Crippen LogP contribution in [0.15, 0.2) is 127 Å². The maximum absolute atomic E-state index is 5.21. The number of hydrogen-bond acceptors (Lipinski definition) is 3. The van der Waals surface area contributed by atoms with Crippen LogP contribution in [0.3, 0.4) is 0 Å². The van der Waals surface area contributed by atoms with Crippen LogP contribution in [0.2, 0.25) is 0 Å². The van der Waals surface area contributed by atoms with E-state index < -0.39 is 0 Å². The minimum atomic E-state index is 0.432. The van der Waals surface area contributed by atoms with Crippen LogP contribution in [0.4, 0.5) is 0 Å². The SMILES string of the molecule is CC(C)c1cccc2c1sc1c(-c3cccc(-c4cccc(-c5ccccc5)c4)c3)nc(-c3ccccc3)nc12. The fourth-order valence-corrected chi connectivity index (χ4v) is 6.82. The first-order chi connectivity index (χ1) is 19.7. The molecule has 0 N–H and O–H groups in total. The molecule has 0 unspecified atom stereocenters. The fourth-order valence-electron chi connectivity index (χ4n) is 5.41. The predicted molar refractivity (Wildman–Crippen MR) is 171 cm³/mol. The second-order valence-corrected chi connectivity index (χ2v) is 11.5. The highest BCUT2D eigenvalue weighted by atomic mass is 32.1. The average Bonchev–Trinajstić information content (AvgIpc) is 3.40. The molecule has 0 radical (unpaired) electrons. The Kier molecular flexibility index (Phi) is 6.22. The molecule has 0 spiro atoms. The molecule has 2 aromatic heterocycles. The Morgan fingerprint density at radius 3 is 1.73 bits per heavy atom. The molecule has 0 bridgehead atoms. The lowest BCUT2D eigenvalue weighted by atomic mass is 9.97. The zero-order valence-electron chi connectivity index (χ0n) is 22.5. The standard InChI is InChI=1S/C37H28N2S/c1-24(2)31-20-11-21-32-34-36(40-35(31)32)33(38-37(39-34)26-14-7-4-8-15-26)30-19-10-18-29(23-30)28-17-9-16-27(22-28)25-12-5-3-6-13-25/h3-24H,1-2H3. The maximum Gasteiger partial charge on any atom is 0.160 e. The zero-order valence-corrected chi connectivity index (χ0v) is 23.3. The van der Waals surface area contributed by atoms with Crippen LogP contribution in [0, 0.1) is 0 Å². The van der Waals surface area contributed by atoms with Gasteiger partial charge in [0.05, 0.1) is 15.9 Å². The van der Waals surface area contributed by atoms with Crippen molar-refractivity contribution >= 4 is 31.6 Å². The minimum absolute atomic E-state index is 0.432. The number of benzene rings is 5. The fraction of sp³-hybridized carbons (Fsp3) is 0.0811. The summed E-state index contributed by atoms with van der Waals surface area (Å²) >= 11 is 1.82. The largest absolute Gasteiger partial charge is 0.226 e. The third-order valence-electron chi connectivity index (χ3n) is 7.46. The Labute approximate surface area is 238 Å². The van der Waals surface area contributed by atoms with Gasteiger partial charge in [0.1, 0.15) is 0 Å². The summed E-state index contributed by atoms with van der Waals surface area (Å²) in [5.41, 5.74) is 10.3. The van der Waals surface area contributed by atoms with Crippen molar-refractivity contribution in [1.82, 2.24) is 9.97 Å². The Hall–Kier alpha value is -4.60. The molecule has 7 rings (SSSR count). The van der Waals surface area contributed by atoms with Gasteiger partial charge in [0.15, 0.2) is 5.82 Å². The van der Waals surface area contributed by atoms with Crippen LogP contribution in [0.25, 0.3) is 65.2 Å². The second kappa shape index (κ2) is 10.2. The van der Waals surface area contributed by atoms with Gasteiger partial charge < -0.3 is 0 Å². The normalized spacial score (nSPS) is 11.5. The molecule has 0 fully saturated rings. The van der Waals surface area contributed by atoms with Crippen LogP contribution in [-0.2, 0) is 0 Å². The molecular weight excluding hydrogens is 504 g/mol. The lowest BCUT2D eigenvalue weighted by molar-refractivity contribution is 0.878. The summed E-state index contributed by atoms with van der Waals surface area (Å²) in [6.07, 6.45) is 0. The summed E-state index contributed by atoms with van der Waals surface area (Å²) in [5.74, 6) is 1.19. The molecule has 0 saturated heterocycles. The average molecular weight is 533 g/mol. The summed E-state index contributed by atoms with van der Waals surface area (Å²) in [5, 5.41) is 1.21. The van der Waals surface area contributed by atoms with Crippen LogP contribution in [0.5, 0.6) is 0 Å². The number of hydrogen-bond donors (Lipinski definition) is 0. The van der Waals surface area contributed by atoms with E-state index in [1.54, 1.807) is 0 Å². The van der Waals surface area contributed by atoms with E-state index in [1.165, 1.54) is 37.9 Å². The zero-order chi connectivity index (χ0) is 27.1. The summed E-state index contributed by atoms with van der Waals surface area (Å²) in [6.45, 7) is 4.52. The first kappa shape index (κ1) is 24.4. The number of rotatable bonds is 5. The number of fused-ring (bicyclic) bond motifs is 3. The van der Waals surface area contributed by atoms with Crippen LogP contribution in [0.1, 0.15) is 25.3 Å². The monoisotopic (exact) mass is 532 g/mol. The van der Waals surface area contributed by atoms with Crippen molar-refractivity contribution in [3.05, 3.63) is 133 Å². The molecule has 0 aliphatic heterocycles. The smallest absolute Gasteiger partial charge is 0.160 e. The Morgan fingerprint density at radius 2 is 1.05 bits per heavy atom. The van der Waals surface area contributed by atoms with Crippen molar-refractivity contribution in [3.8, 4) is 44.9 Å². The van der Waals surface area contributed by atoms with Crippen LogP contribution in [-0.4, -0.2) is 9.97 Å². The van der Waals surface area contributed by atoms with Gasteiger partial charge in [-0.2, -0.15) is 0 Å². The van der Waals surface area contributed by atoms with Crippen molar-refractivity contribution in [2.24, 2.45) is 0 Å².